The molecular formula is C22H18Cl2N2O2. The second kappa shape index (κ2) is 8.46. The first-order chi connectivity index (χ1) is 13.4. The number of carbonyl (C=O) groups excluding carboxylic acids is 1. The molecule has 142 valence electrons. The molecule has 0 radical (unpaired) electrons. The normalized spacial score (nSPS) is 11.0. The molecule has 3 aromatic rings. The van der Waals surface area contributed by atoms with Crippen molar-refractivity contribution in [3.05, 3.63) is 86.9 Å². The molecule has 1 amide bonds. The summed E-state index contributed by atoms with van der Waals surface area (Å²) >= 11 is 12.3. The van der Waals surface area contributed by atoms with Crippen molar-refractivity contribution in [3.8, 4) is 5.75 Å². The molecule has 6 heteroatoms. The Hall–Kier alpha value is -2.82. The topological polar surface area (TPSA) is 61.7 Å². The van der Waals surface area contributed by atoms with E-state index in [1.165, 1.54) is 0 Å². The molecule has 0 unspecified atom stereocenters. The van der Waals surface area contributed by atoms with E-state index in [2.05, 4.69) is 10.3 Å². The van der Waals surface area contributed by atoms with Crippen LogP contribution in [0, 0.1) is 13.8 Å². The second-order valence-electron chi connectivity index (χ2n) is 6.31. The van der Waals surface area contributed by atoms with E-state index in [1.54, 1.807) is 60.8 Å². The Morgan fingerprint density at radius 3 is 2.57 bits per heavy atom. The van der Waals surface area contributed by atoms with Crippen LogP contribution in [0.15, 0.2) is 59.6 Å². The van der Waals surface area contributed by atoms with Crippen LogP contribution in [0.4, 0.5) is 11.4 Å². The maximum atomic E-state index is 12.4. The number of phenolic OH excluding ortho intramolecular Hbond substituents is 1. The van der Waals surface area contributed by atoms with Crippen LogP contribution in [-0.2, 0) is 0 Å². The lowest BCUT2D eigenvalue weighted by Gasteiger charge is -2.09. The maximum Gasteiger partial charge on any atom is 0.257 e. The number of hydrogen-bond acceptors (Lipinski definition) is 3. The van der Waals surface area contributed by atoms with Gasteiger partial charge in [-0.15, -0.1) is 0 Å². The van der Waals surface area contributed by atoms with Gasteiger partial charge in [0, 0.05) is 22.5 Å². The van der Waals surface area contributed by atoms with Crippen LogP contribution in [0.2, 0.25) is 10.0 Å². The Morgan fingerprint density at radius 2 is 1.82 bits per heavy atom. The van der Waals surface area contributed by atoms with Crippen LogP contribution in [0.1, 0.15) is 27.0 Å². The van der Waals surface area contributed by atoms with Crippen molar-refractivity contribution < 1.29 is 9.90 Å². The summed E-state index contributed by atoms with van der Waals surface area (Å²) in [6.45, 7) is 3.66. The average molecular weight is 413 g/mol. The van der Waals surface area contributed by atoms with Crippen molar-refractivity contribution in [3.63, 3.8) is 0 Å². The minimum absolute atomic E-state index is 0.117. The lowest BCUT2D eigenvalue weighted by atomic mass is 10.0. The zero-order valence-corrected chi connectivity index (χ0v) is 16.8. The maximum absolute atomic E-state index is 12.4. The van der Waals surface area contributed by atoms with Crippen LogP contribution in [0.5, 0.6) is 5.75 Å². The van der Waals surface area contributed by atoms with Gasteiger partial charge in [0.1, 0.15) is 5.75 Å². The largest absolute Gasteiger partial charge is 0.507 e. The molecule has 2 N–H and O–H groups in total. The van der Waals surface area contributed by atoms with Crippen molar-refractivity contribution in [1.82, 2.24) is 0 Å². The Morgan fingerprint density at radius 1 is 1.07 bits per heavy atom. The number of aromatic hydroxyl groups is 1. The van der Waals surface area contributed by atoms with Gasteiger partial charge in [0.25, 0.3) is 5.91 Å². The third-order valence-corrected chi connectivity index (χ3v) is 5.19. The molecule has 0 heterocycles. The van der Waals surface area contributed by atoms with Gasteiger partial charge in [-0.1, -0.05) is 41.4 Å². The number of carbonyl (C=O) groups is 1. The number of halogens is 2. The number of aliphatic imine (C=N–C) groups is 1. The Labute approximate surface area is 173 Å². The summed E-state index contributed by atoms with van der Waals surface area (Å²) in [6.07, 6.45) is 1.56. The molecule has 28 heavy (non-hydrogen) atoms. The molecular weight excluding hydrogens is 395 g/mol. The molecule has 0 bridgehead atoms. The van der Waals surface area contributed by atoms with Gasteiger partial charge in [0.15, 0.2) is 0 Å². The molecule has 0 aromatic heterocycles. The Kier molecular flexibility index (Phi) is 6.02. The van der Waals surface area contributed by atoms with Gasteiger partial charge in [-0.2, -0.15) is 0 Å². The van der Waals surface area contributed by atoms with E-state index in [0.717, 1.165) is 11.1 Å². The fraction of sp³-hybridized carbons (Fsp3) is 0.0909. The summed E-state index contributed by atoms with van der Waals surface area (Å²) in [7, 11) is 0. The van der Waals surface area contributed by atoms with E-state index >= 15 is 0 Å². The van der Waals surface area contributed by atoms with Gasteiger partial charge in [0.05, 0.1) is 16.3 Å². The molecule has 3 aromatic carbocycles. The summed E-state index contributed by atoms with van der Waals surface area (Å²) in [5.41, 5.74) is 3.72. The van der Waals surface area contributed by atoms with Crippen molar-refractivity contribution in [2.75, 3.05) is 5.32 Å². The molecule has 0 fully saturated rings. The summed E-state index contributed by atoms with van der Waals surface area (Å²) in [6, 6.07) is 15.5. The Bertz CT molecular complexity index is 1080. The third kappa shape index (κ3) is 4.35. The van der Waals surface area contributed by atoms with E-state index in [9.17, 15) is 9.90 Å². The smallest absolute Gasteiger partial charge is 0.257 e. The van der Waals surface area contributed by atoms with E-state index in [1.807, 2.05) is 13.8 Å². The monoisotopic (exact) mass is 412 g/mol. The minimum Gasteiger partial charge on any atom is -0.507 e. The number of anilines is 1. The molecule has 0 atom stereocenters. The number of amides is 1. The lowest BCUT2D eigenvalue weighted by Crippen LogP contribution is -2.12. The van der Waals surface area contributed by atoms with Crippen LogP contribution < -0.4 is 5.32 Å². The predicted octanol–water partition coefficient (Wildman–Crippen LogP) is 6.32. The fourth-order valence-corrected chi connectivity index (χ4v) is 3.14. The molecule has 4 nitrogen and oxygen atoms in total. The molecule has 0 saturated carbocycles. The third-order valence-electron chi connectivity index (χ3n) is 4.27. The predicted molar refractivity (Wildman–Crippen MR) is 116 cm³/mol. The summed E-state index contributed by atoms with van der Waals surface area (Å²) in [5.74, 6) is -0.183. The molecule has 0 saturated heterocycles. The van der Waals surface area contributed by atoms with Crippen LogP contribution >= 0.6 is 23.2 Å². The minimum atomic E-state index is -0.300. The van der Waals surface area contributed by atoms with E-state index in [0.29, 0.717) is 32.5 Å². The van der Waals surface area contributed by atoms with Gasteiger partial charge >= 0.3 is 0 Å². The van der Waals surface area contributed by atoms with E-state index < -0.39 is 0 Å². The molecule has 0 spiro atoms. The van der Waals surface area contributed by atoms with Crippen molar-refractivity contribution >= 4 is 46.7 Å². The van der Waals surface area contributed by atoms with Gasteiger partial charge in [-0.3, -0.25) is 9.79 Å². The lowest BCUT2D eigenvalue weighted by molar-refractivity contribution is 0.102. The number of benzene rings is 3. The summed E-state index contributed by atoms with van der Waals surface area (Å²) in [4.78, 5) is 16.8. The zero-order valence-electron chi connectivity index (χ0n) is 15.3. The number of phenols is 1. The molecule has 0 aliphatic rings. The summed E-state index contributed by atoms with van der Waals surface area (Å²) < 4.78 is 0. The highest BCUT2D eigenvalue weighted by Crippen LogP contribution is 2.30. The molecule has 0 aliphatic heterocycles. The first-order valence-electron chi connectivity index (χ1n) is 8.55. The highest BCUT2D eigenvalue weighted by Gasteiger charge is 2.11. The highest BCUT2D eigenvalue weighted by atomic mass is 35.5. The van der Waals surface area contributed by atoms with E-state index in [4.69, 9.17) is 23.2 Å². The molecule has 3 rings (SSSR count). The zero-order chi connectivity index (χ0) is 20.3. The van der Waals surface area contributed by atoms with Gasteiger partial charge in [-0.25, -0.2) is 0 Å². The van der Waals surface area contributed by atoms with Gasteiger partial charge in [-0.05, 0) is 61.4 Å². The number of rotatable bonds is 4. The average Bonchev–Trinajstić information content (AvgIpc) is 2.66. The second-order valence-corrected chi connectivity index (χ2v) is 7.09. The Balaban J connectivity index is 1.83. The van der Waals surface area contributed by atoms with Crippen LogP contribution in [0.25, 0.3) is 0 Å². The number of aryl methyl sites for hydroxylation is 1. The SMILES string of the molecule is Cc1cc(O)c(C=Nc2cccc(NC(=O)c3ccccc3Cl)c2)c(C)c1Cl. The van der Waals surface area contributed by atoms with Gasteiger partial charge in [0.2, 0.25) is 0 Å². The van der Waals surface area contributed by atoms with Crippen molar-refractivity contribution in [2.24, 2.45) is 4.99 Å². The first-order valence-corrected chi connectivity index (χ1v) is 9.31. The van der Waals surface area contributed by atoms with Crippen LogP contribution in [0.3, 0.4) is 0 Å². The van der Waals surface area contributed by atoms with Crippen molar-refractivity contribution in [1.29, 1.82) is 0 Å². The van der Waals surface area contributed by atoms with Crippen LogP contribution in [-0.4, -0.2) is 17.2 Å². The molecule has 0 aliphatic carbocycles. The highest BCUT2D eigenvalue weighted by molar-refractivity contribution is 6.34. The first kappa shape index (κ1) is 19.9. The fourth-order valence-electron chi connectivity index (χ4n) is 2.76. The standard InChI is InChI=1S/C22H18Cl2N2O2/c1-13-10-20(27)18(14(2)21(13)24)12-25-15-6-5-7-16(11-15)26-22(28)17-8-3-4-9-19(17)23/h3-12,27H,1-2H3,(H,26,28). The summed E-state index contributed by atoms with van der Waals surface area (Å²) in [5, 5.41) is 14.0. The number of hydrogen-bond donors (Lipinski definition) is 2. The van der Waals surface area contributed by atoms with Crippen molar-refractivity contribution in [2.45, 2.75) is 13.8 Å². The van der Waals surface area contributed by atoms with Gasteiger partial charge < -0.3 is 10.4 Å². The number of nitrogens with zero attached hydrogens (tertiary/aromatic N) is 1. The van der Waals surface area contributed by atoms with E-state index in [-0.39, 0.29) is 11.7 Å². The number of nitrogens with one attached hydrogen (secondary N) is 1. The quantitative estimate of drug-likeness (QED) is 0.492.